The van der Waals surface area contributed by atoms with Crippen LogP contribution in [0.15, 0.2) is 40.5 Å². The quantitative estimate of drug-likeness (QED) is 0.719. The lowest BCUT2D eigenvalue weighted by Crippen LogP contribution is -2.11. The zero-order chi connectivity index (χ0) is 14.9. The summed E-state index contributed by atoms with van der Waals surface area (Å²) in [7, 11) is -1.56. The van der Waals surface area contributed by atoms with Gasteiger partial charge < -0.3 is 4.42 Å². The van der Waals surface area contributed by atoms with E-state index in [0.717, 1.165) is 0 Å². The molecule has 3 rings (SSSR count). The maximum atomic E-state index is 12.2. The largest absolute Gasteiger partial charge is 0.462 e. The lowest BCUT2D eigenvalue weighted by molar-refractivity contribution is 0.581. The van der Waals surface area contributed by atoms with Gasteiger partial charge in [0.15, 0.2) is 20.6 Å². The Bertz CT molecular complexity index is 832. The second-order valence-electron chi connectivity index (χ2n) is 4.60. The van der Waals surface area contributed by atoms with E-state index in [2.05, 4.69) is 10.1 Å². The predicted molar refractivity (Wildman–Crippen MR) is 79.4 cm³/mol. The molecule has 0 aliphatic heterocycles. The van der Waals surface area contributed by atoms with E-state index in [0.29, 0.717) is 22.2 Å². The molecule has 8 heteroatoms. The van der Waals surface area contributed by atoms with E-state index in [1.54, 1.807) is 47.8 Å². The SMILES string of the molecule is Cn1nccc1CS(=O)(=O)Cc1csc(-c2ccco2)n1. The molecular weight excluding hydrogens is 310 g/mol. The van der Waals surface area contributed by atoms with Crippen molar-refractivity contribution in [3.05, 3.63) is 47.4 Å². The molecule has 0 saturated carbocycles. The van der Waals surface area contributed by atoms with Gasteiger partial charge >= 0.3 is 0 Å². The Hall–Kier alpha value is -1.93. The lowest BCUT2D eigenvalue weighted by atomic mass is 10.5. The predicted octanol–water partition coefficient (Wildman–Crippen LogP) is 2.25. The molecule has 0 fully saturated rings. The lowest BCUT2D eigenvalue weighted by Gasteiger charge is -2.03. The number of sulfone groups is 1. The smallest absolute Gasteiger partial charge is 0.162 e. The van der Waals surface area contributed by atoms with Crippen LogP contribution in [0.4, 0.5) is 0 Å². The number of hydrogen-bond acceptors (Lipinski definition) is 6. The molecule has 3 heterocycles. The Labute approximate surface area is 126 Å². The molecule has 21 heavy (non-hydrogen) atoms. The number of aromatic nitrogens is 3. The summed E-state index contributed by atoms with van der Waals surface area (Å²) >= 11 is 1.37. The number of furan rings is 1. The number of hydrogen-bond donors (Lipinski definition) is 0. The van der Waals surface area contributed by atoms with Crippen LogP contribution in [-0.4, -0.2) is 23.2 Å². The Morgan fingerprint density at radius 1 is 1.33 bits per heavy atom. The van der Waals surface area contributed by atoms with Gasteiger partial charge in [0.1, 0.15) is 0 Å². The molecule has 0 saturated heterocycles. The first-order valence-electron chi connectivity index (χ1n) is 6.19. The van der Waals surface area contributed by atoms with Crippen molar-refractivity contribution >= 4 is 21.2 Å². The molecule has 0 atom stereocenters. The molecule has 0 unspecified atom stereocenters. The minimum absolute atomic E-state index is 0.0445. The van der Waals surface area contributed by atoms with Gasteiger partial charge in [-0.25, -0.2) is 13.4 Å². The first-order valence-corrected chi connectivity index (χ1v) is 8.89. The van der Waals surface area contributed by atoms with E-state index < -0.39 is 9.84 Å². The summed E-state index contributed by atoms with van der Waals surface area (Å²) in [4.78, 5) is 4.31. The van der Waals surface area contributed by atoms with Crippen molar-refractivity contribution in [3.63, 3.8) is 0 Å². The zero-order valence-corrected chi connectivity index (χ0v) is 12.9. The summed E-state index contributed by atoms with van der Waals surface area (Å²) in [5.41, 5.74) is 1.20. The molecule has 0 bridgehead atoms. The summed E-state index contributed by atoms with van der Waals surface area (Å²) in [6, 6.07) is 5.27. The van der Waals surface area contributed by atoms with Crippen molar-refractivity contribution < 1.29 is 12.8 Å². The summed E-state index contributed by atoms with van der Waals surface area (Å²) in [6.07, 6.45) is 3.15. The van der Waals surface area contributed by atoms with Gasteiger partial charge in [-0.3, -0.25) is 4.68 Å². The average molecular weight is 323 g/mol. The van der Waals surface area contributed by atoms with E-state index in [4.69, 9.17) is 4.42 Å². The van der Waals surface area contributed by atoms with Crippen molar-refractivity contribution in [2.24, 2.45) is 7.05 Å². The van der Waals surface area contributed by atoms with Crippen LogP contribution < -0.4 is 0 Å². The molecule has 0 aliphatic rings. The monoisotopic (exact) mass is 323 g/mol. The van der Waals surface area contributed by atoms with Crippen LogP contribution in [0.2, 0.25) is 0 Å². The van der Waals surface area contributed by atoms with Crippen LogP contribution >= 0.6 is 11.3 Å². The normalized spacial score (nSPS) is 11.9. The highest BCUT2D eigenvalue weighted by Crippen LogP contribution is 2.25. The second kappa shape index (κ2) is 5.45. The molecule has 0 N–H and O–H groups in total. The van der Waals surface area contributed by atoms with Crippen LogP contribution in [0.25, 0.3) is 10.8 Å². The maximum Gasteiger partial charge on any atom is 0.162 e. The van der Waals surface area contributed by atoms with Gasteiger partial charge in [0.05, 0.1) is 29.2 Å². The fourth-order valence-corrected chi connectivity index (χ4v) is 4.26. The van der Waals surface area contributed by atoms with Crippen LogP contribution in [0.3, 0.4) is 0 Å². The molecule has 6 nitrogen and oxygen atoms in total. The van der Waals surface area contributed by atoms with Crippen molar-refractivity contribution in [2.75, 3.05) is 0 Å². The molecule has 3 aromatic rings. The van der Waals surface area contributed by atoms with E-state index in [1.165, 1.54) is 11.3 Å². The average Bonchev–Trinajstić information content (AvgIpc) is 3.11. The number of nitrogens with zero attached hydrogens (tertiary/aromatic N) is 3. The highest BCUT2D eigenvalue weighted by atomic mass is 32.2. The minimum atomic E-state index is -3.28. The third-order valence-electron chi connectivity index (χ3n) is 2.94. The van der Waals surface area contributed by atoms with Gasteiger partial charge in [-0.05, 0) is 18.2 Å². The molecule has 0 radical (unpaired) electrons. The first kappa shape index (κ1) is 14.0. The van der Waals surface area contributed by atoms with Gasteiger partial charge in [-0.2, -0.15) is 5.10 Å². The van der Waals surface area contributed by atoms with Crippen molar-refractivity contribution in [1.29, 1.82) is 0 Å². The number of rotatable bonds is 5. The molecule has 110 valence electrons. The van der Waals surface area contributed by atoms with Crippen LogP contribution in [0.5, 0.6) is 0 Å². The standard InChI is InChI=1S/C13H13N3O3S2/c1-16-11(4-5-14-16)9-21(17,18)8-10-7-20-13(15-10)12-3-2-6-19-12/h2-7H,8-9H2,1H3. The van der Waals surface area contributed by atoms with Gasteiger partial charge in [-0.15, -0.1) is 11.3 Å². The van der Waals surface area contributed by atoms with E-state index in [1.807, 2.05) is 0 Å². The fraction of sp³-hybridized carbons (Fsp3) is 0.231. The Morgan fingerprint density at radius 3 is 2.86 bits per heavy atom. The number of aryl methyl sites for hydroxylation is 1. The molecule has 0 spiro atoms. The van der Waals surface area contributed by atoms with Crippen molar-refractivity contribution in [3.8, 4) is 10.8 Å². The minimum Gasteiger partial charge on any atom is -0.462 e. The topological polar surface area (TPSA) is 78.0 Å². The van der Waals surface area contributed by atoms with Crippen molar-refractivity contribution in [1.82, 2.24) is 14.8 Å². The third kappa shape index (κ3) is 3.22. The van der Waals surface area contributed by atoms with Crippen molar-refractivity contribution in [2.45, 2.75) is 11.5 Å². The van der Waals surface area contributed by atoms with E-state index >= 15 is 0 Å². The van der Waals surface area contributed by atoms with Crippen LogP contribution in [0.1, 0.15) is 11.4 Å². The third-order valence-corrected chi connectivity index (χ3v) is 5.32. The Morgan fingerprint density at radius 2 is 2.19 bits per heavy atom. The second-order valence-corrected chi connectivity index (χ2v) is 7.52. The highest BCUT2D eigenvalue weighted by molar-refractivity contribution is 7.89. The molecular formula is C13H13N3O3S2. The first-order chi connectivity index (χ1) is 10.0. The van der Waals surface area contributed by atoms with Gasteiger partial charge in [0, 0.05) is 18.6 Å². The molecule has 0 aromatic carbocycles. The number of thiazole rings is 1. The van der Waals surface area contributed by atoms with Gasteiger partial charge in [-0.1, -0.05) is 0 Å². The van der Waals surface area contributed by atoms with Gasteiger partial charge in [0.2, 0.25) is 0 Å². The van der Waals surface area contributed by atoms with Crippen LogP contribution in [-0.2, 0) is 28.4 Å². The zero-order valence-electron chi connectivity index (χ0n) is 11.3. The molecule has 0 aliphatic carbocycles. The highest BCUT2D eigenvalue weighted by Gasteiger charge is 2.18. The summed E-state index contributed by atoms with van der Waals surface area (Å²) in [5.74, 6) is 0.516. The Kier molecular flexibility index (Phi) is 3.64. The maximum absolute atomic E-state index is 12.2. The summed E-state index contributed by atoms with van der Waals surface area (Å²) < 4.78 is 31.2. The van der Waals surface area contributed by atoms with Gasteiger partial charge in [0.25, 0.3) is 0 Å². The van der Waals surface area contributed by atoms with Crippen LogP contribution in [0, 0.1) is 0 Å². The molecule has 0 amide bonds. The summed E-state index contributed by atoms with van der Waals surface area (Å²) in [5, 5.41) is 6.41. The fourth-order valence-electron chi connectivity index (χ4n) is 1.93. The van der Waals surface area contributed by atoms with E-state index in [-0.39, 0.29) is 11.5 Å². The summed E-state index contributed by atoms with van der Waals surface area (Å²) in [6.45, 7) is 0. The Balaban J connectivity index is 1.75. The van der Waals surface area contributed by atoms with E-state index in [9.17, 15) is 8.42 Å². The molecule has 3 aromatic heterocycles.